The van der Waals surface area contributed by atoms with Gasteiger partial charge in [-0.3, -0.25) is 0 Å². The summed E-state index contributed by atoms with van der Waals surface area (Å²) in [5, 5.41) is 0. The second kappa shape index (κ2) is 4.19. The van der Waals surface area contributed by atoms with Gasteiger partial charge in [-0.25, -0.2) is 0 Å². The Morgan fingerprint density at radius 1 is 1.10 bits per heavy atom. The molecule has 10 heavy (non-hydrogen) atoms. The van der Waals surface area contributed by atoms with Gasteiger partial charge in [0.05, 0.1) is 0 Å². The van der Waals surface area contributed by atoms with Gasteiger partial charge in [-0.2, -0.15) is 7.94 Å². The summed E-state index contributed by atoms with van der Waals surface area (Å²) < 4.78 is 0. The average molecular weight is 174 g/mol. The third-order valence-electron chi connectivity index (χ3n) is 0.668. The van der Waals surface area contributed by atoms with E-state index in [1.54, 1.807) is 20.8 Å². The molecule has 0 fully saturated rings. The molecule has 0 aliphatic rings. The van der Waals surface area contributed by atoms with Gasteiger partial charge >= 0.3 is 23.1 Å². The van der Waals surface area contributed by atoms with Crippen molar-refractivity contribution in [3.63, 3.8) is 0 Å². The Hall–Kier alpha value is 1.08. The van der Waals surface area contributed by atoms with Crippen LogP contribution in [0.2, 0.25) is 0 Å². The van der Waals surface area contributed by atoms with Crippen molar-refractivity contribution in [2.45, 2.75) is 20.8 Å². The molecule has 0 heterocycles. The van der Waals surface area contributed by atoms with Crippen LogP contribution in [-0.4, -0.2) is 29.2 Å². The predicted molar refractivity (Wildman–Crippen MR) is 37.0 cm³/mol. The fourth-order valence-corrected chi connectivity index (χ4v) is 1.74. The van der Waals surface area contributed by atoms with Crippen LogP contribution < -0.4 is 14.7 Å². The molecule has 0 radical (unpaired) electrons. The second-order valence-corrected chi connectivity index (χ2v) is 4.87. The van der Waals surface area contributed by atoms with Crippen molar-refractivity contribution >= 4 is 31.0 Å². The monoisotopic (exact) mass is 174 g/mol. The van der Waals surface area contributed by atoms with E-state index in [1.165, 1.54) is 0 Å². The summed E-state index contributed by atoms with van der Waals surface area (Å²) in [7, 11) is -4.29. The van der Waals surface area contributed by atoms with Crippen molar-refractivity contribution in [1.29, 1.82) is 0 Å². The van der Waals surface area contributed by atoms with E-state index in [2.05, 4.69) is 0 Å². The van der Waals surface area contributed by atoms with Gasteiger partial charge in [0, 0.05) is 6.16 Å². The van der Waals surface area contributed by atoms with E-state index in [-0.39, 0.29) is 29.2 Å². The van der Waals surface area contributed by atoms with Gasteiger partial charge in [0.1, 0.15) is 0 Å². The molecule has 0 saturated carbocycles. The number of hydrogen-bond donors (Lipinski definition) is 0. The Morgan fingerprint density at radius 3 is 1.40 bits per heavy atom. The van der Waals surface area contributed by atoms with Gasteiger partial charge in [-0.15, -0.1) is 0 Å². The van der Waals surface area contributed by atoms with Gasteiger partial charge in [0.25, 0.3) is 0 Å². The summed E-state index contributed by atoms with van der Waals surface area (Å²) in [6.07, 6.45) is -0.264. The Morgan fingerprint density at radius 2 is 1.40 bits per heavy atom. The van der Waals surface area contributed by atoms with Gasteiger partial charge < -0.3 is 14.7 Å². The molecule has 56 valence electrons. The molecular formula is C5H11MgO3P. The summed E-state index contributed by atoms with van der Waals surface area (Å²) in [5.74, 6) is 0. The van der Waals surface area contributed by atoms with E-state index in [9.17, 15) is 14.7 Å². The minimum Gasteiger partial charge on any atom is -0.688 e. The minimum atomic E-state index is -4.29. The van der Waals surface area contributed by atoms with Gasteiger partial charge in [-0.05, 0) is 5.41 Å². The molecule has 0 aromatic carbocycles. The minimum absolute atomic E-state index is 0. The fourth-order valence-electron chi connectivity index (χ4n) is 0.581. The van der Waals surface area contributed by atoms with Crippen LogP contribution in [0.15, 0.2) is 0 Å². The predicted octanol–water partition coefficient (Wildman–Crippen LogP) is -1.50. The topological polar surface area (TPSA) is 69.2 Å². The molecule has 5 heteroatoms. The summed E-state index contributed by atoms with van der Waals surface area (Å²) >= 11 is 0. The molecule has 0 bridgehead atoms. The molecule has 0 aliphatic heterocycles. The smallest absolute Gasteiger partial charge is 0.688 e. The summed E-state index contributed by atoms with van der Waals surface area (Å²) in [5.41, 5.74) is -0.404. The molecular weight excluding hydrogens is 163 g/mol. The number of hydrogen-bond acceptors (Lipinski definition) is 3. The van der Waals surface area contributed by atoms with E-state index in [0.29, 0.717) is 0 Å². The van der Waals surface area contributed by atoms with E-state index >= 15 is 0 Å². The molecule has 0 unspecified atom stereocenters. The maximum atomic E-state index is 10.1. The molecule has 0 aliphatic carbocycles. The van der Waals surface area contributed by atoms with Gasteiger partial charge in [0.15, 0.2) is 0 Å². The maximum absolute atomic E-state index is 10.1. The van der Waals surface area contributed by atoms with Crippen LogP contribution in [0.25, 0.3) is 0 Å². The second-order valence-electron chi connectivity index (χ2n) is 3.33. The first kappa shape index (κ1) is 13.7. The summed E-state index contributed by atoms with van der Waals surface area (Å²) in [4.78, 5) is 30.4. The third kappa shape index (κ3) is 11.8. The van der Waals surface area contributed by atoms with Crippen molar-refractivity contribution in [2.75, 3.05) is 6.16 Å². The first-order valence-corrected chi connectivity index (χ1v) is 4.45. The largest absolute Gasteiger partial charge is 2.00 e. The van der Waals surface area contributed by atoms with Crippen LogP contribution in [0.4, 0.5) is 0 Å². The van der Waals surface area contributed by atoms with E-state index < -0.39 is 13.4 Å². The van der Waals surface area contributed by atoms with Crippen LogP contribution in [0.5, 0.6) is 0 Å². The van der Waals surface area contributed by atoms with Crippen molar-refractivity contribution in [1.82, 2.24) is 0 Å². The van der Waals surface area contributed by atoms with Crippen molar-refractivity contribution in [3.05, 3.63) is 0 Å². The Labute approximate surface area is 78.2 Å². The van der Waals surface area contributed by atoms with Crippen LogP contribution in [0.1, 0.15) is 20.8 Å². The molecule has 0 aromatic rings. The molecule has 0 amide bonds. The normalized spacial score (nSPS) is 12.6. The van der Waals surface area contributed by atoms with Crippen LogP contribution >= 0.6 is 7.94 Å². The maximum Gasteiger partial charge on any atom is 2.00 e. The molecule has 3 nitrogen and oxygen atoms in total. The molecule has 0 spiro atoms. The summed E-state index contributed by atoms with van der Waals surface area (Å²) in [6.45, 7) is 5.15. The standard InChI is InChI=1S/C5H13O3P.Mg/c1-5(2,3)4-9(6,7)8;/h4H2,1-3H3,(H2,6,7,8);/q;+2/p-2. The Bertz CT molecular complexity index is 82.0. The van der Waals surface area contributed by atoms with Gasteiger partial charge in [-0.1, -0.05) is 20.8 Å². The molecule has 0 N–H and O–H groups in total. The molecule has 0 rings (SSSR count). The molecule has 0 aromatic heterocycles. The zero-order chi connectivity index (χ0) is 7.71. The van der Waals surface area contributed by atoms with E-state index in [0.717, 1.165) is 0 Å². The van der Waals surface area contributed by atoms with Crippen LogP contribution in [-0.2, 0) is 0 Å². The van der Waals surface area contributed by atoms with Crippen LogP contribution in [0.3, 0.4) is 0 Å². The first-order valence-electron chi connectivity index (χ1n) is 2.72. The molecule has 0 atom stereocenters. The quantitative estimate of drug-likeness (QED) is 0.359. The number of rotatable bonds is 1. The third-order valence-corrected chi connectivity index (χ3v) is 2.00. The average Bonchev–Trinajstić information content (AvgIpc) is 1.14. The zero-order valence-corrected chi connectivity index (χ0v) is 8.89. The van der Waals surface area contributed by atoms with Crippen molar-refractivity contribution < 1.29 is 14.7 Å². The van der Waals surface area contributed by atoms with E-state index in [4.69, 9.17) is 0 Å². The molecule has 0 saturated heterocycles. The van der Waals surface area contributed by atoms with Gasteiger partial charge in [0.2, 0.25) is 0 Å². The first-order chi connectivity index (χ1) is 3.71. The Balaban J connectivity index is 0. The SMILES string of the molecule is CC(C)(C)C[P+]([O-])([O-])[O-].[Mg+2]. The van der Waals surface area contributed by atoms with E-state index in [1.807, 2.05) is 0 Å². The van der Waals surface area contributed by atoms with Crippen LogP contribution in [0, 0.1) is 5.41 Å². The fraction of sp³-hybridized carbons (Fsp3) is 1.00. The van der Waals surface area contributed by atoms with Crippen molar-refractivity contribution in [2.24, 2.45) is 5.41 Å². The Kier molecular flexibility index (Phi) is 5.72. The zero-order valence-electron chi connectivity index (χ0n) is 6.59. The van der Waals surface area contributed by atoms with Crippen molar-refractivity contribution in [3.8, 4) is 0 Å². The summed E-state index contributed by atoms with van der Waals surface area (Å²) in [6, 6.07) is 0.